The Morgan fingerprint density at radius 2 is 2.00 bits per heavy atom. The van der Waals surface area contributed by atoms with Crippen LogP contribution in [0.15, 0.2) is 28.7 Å². The molecule has 16 heavy (non-hydrogen) atoms. The Hall–Kier alpha value is -0.420. The molecule has 2 unspecified atom stereocenters. The summed E-state index contributed by atoms with van der Waals surface area (Å²) in [7, 11) is 0. The topological polar surface area (TPSA) is 44.5 Å². The van der Waals surface area contributed by atoms with Crippen LogP contribution in [0.3, 0.4) is 0 Å². The molecule has 3 nitrogen and oxygen atoms in total. The van der Waals surface area contributed by atoms with E-state index in [4.69, 9.17) is 15.2 Å². The lowest BCUT2D eigenvalue weighted by atomic mass is 10.0. The van der Waals surface area contributed by atoms with Gasteiger partial charge in [-0.15, -0.1) is 0 Å². The molecular weight excluding hydrogens is 270 g/mol. The van der Waals surface area contributed by atoms with Gasteiger partial charge in [0, 0.05) is 10.5 Å². The molecule has 4 heteroatoms. The van der Waals surface area contributed by atoms with Crippen LogP contribution in [-0.2, 0) is 9.47 Å². The third kappa shape index (κ3) is 2.83. The van der Waals surface area contributed by atoms with Gasteiger partial charge < -0.3 is 15.2 Å². The Balaban J connectivity index is 2.08. The maximum atomic E-state index is 5.96. The molecule has 0 amide bonds. The zero-order valence-electron chi connectivity index (χ0n) is 9.23. The summed E-state index contributed by atoms with van der Waals surface area (Å²) in [5.41, 5.74) is 7.07. The number of hydrogen-bond donors (Lipinski definition) is 1. The molecule has 2 atom stereocenters. The first-order chi connectivity index (χ1) is 7.66. The molecule has 0 saturated carbocycles. The van der Waals surface area contributed by atoms with E-state index < -0.39 is 0 Å². The van der Waals surface area contributed by atoms with Crippen LogP contribution in [0.4, 0.5) is 0 Å². The number of hydrogen-bond acceptors (Lipinski definition) is 3. The Bertz CT molecular complexity index is 335. The Kier molecular flexibility index (Phi) is 3.97. The largest absolute Gasteiger partial charge is 0.376 e. The van der Waals surface area contributed by atoms with Gasteiger partial charge in [0.25, 0.3) is 0 Å². The summed E-state index contributed by atoms with van der Waals surface area (Å²) in [5.74, 6) is 0. The maximum absolute atomic E-state index is 5.96. The fraction of sp³-hybridized carbons (Fsp3) is 0.500. The molecule has 0 bridgehead atoms. The van der Waals surface area contributed by atoms with E-state index in [-0.39, 0.29) is 18.2 Å². The summed E-state index contributed by atoms with van der Waals surface area (Å²) in [6.45, 7) is 3.33. The summed E-state index contributed by atoms with van der Waals surface area (Å²) in [6.07, 6.45) is 0.140. The fourth-order valence-corrected chi connectivity index (χ4v) is 1.92. The first kappa shape index (κ1) is 12.0. The minimum Gasteiger partial charge on any atom is -0.376 e. The van der Waals surface area contributed by atoms with Crippen molar-refractivity contribution in [1.82, 2.24) is 0 Å². The normalized spacial score (nSPS) is 20.2. The van der Waals surface area contributed by atoms with Crippen molar-refractivity contribution < 1.29 is 9.47 Å². The Morgan fingerprint density at radius 1 is 1.38 bits per heavy atom. The second-order valence-corrected chi connectivity index (χ2v) is 5.04. The van der Waals surface area contributed by atoms with E-state index in [1.807, 2.05) is 31.2 Å². The standard InChI is InChI=1S/C12H16BrNO2/c1-8(14)12(16-11-6-15-7-11)9-2-4-10(13)5-3-9/h2-5,8,11-12H,6-7,14H2,1H3. The molecule has 1 aromatic carbocycles. The molecule has 1 fully saturated rings. The van der Waals surface area contributed by atoms with Gasteiger partial charge in [0.15, 0.2) is 0 Å². The molecular formula is C12H16BrNO2. The maximum Gasteiger partial charge on any atom is 0.105 e. The summed E-state index contributed by atoms with van der Waals surface area (Å²) in [4.78, 5) is 0. The molecule has 1 aromatic rings. The summed E-state index contributed by atoms with van der Waals surface area (Å²) >= 11 is 3.42. The first-order valence-corrected chi connectivity index (χ1v) is 6.20. The highest BCUT2D eigenvalue weighted by Crippen LogP contribution is 2.25. The van der Waals surface area contributed by atoms with Gasteiger partial charge in [0.1, 0.15) is 6.10 Å². The molecule has 0 aromatic heterocycles. The highest BCUT2D eigenvalue weighted by Gasteiger charge is 2.26. The molecule has 0 aliphatic carbocycles. The third-order valence-corrected chi connectivity index (χ3v) is 3.15. The van der Waals surface area contributed by atoms with E-state index >= 15 is 0 Å². The van der Waals surface area contributed by atoms with Gasteiger partial charge in [0.05, 0.1) is 19.3 Å². The van der Waals surface area contributed by atoms with E-state index in [9.17, 15) is 0 Å². The summed E-state index contributed by atoms with van der Waals surface area (Å²) in [5, 5.41) is 0. The molecule has 1 saturated heterocycles. The highest BCUT2D eigenvalue weighted by molar-refractivity contribution is 9.10. The first-order valence-electron chi connectivity index (χ1n) is 5.41. The van der Waals surface area contributed by atoms with Crippen molar-refractivity contribution in [3.8, 4) is 0 Å². The number of benzene rings is 1. The van der Waals surface area contributed by atoms with Crippen molar-refractivity contribution in [3.05, 3.63) is 34.3 Å². The van der Waals surface area contributed by atoms with Gasteiger partial charge in [-0.1, -0.05) is 28.1 Å². The van der Waals surface area contributed by atoms with Crippen molar-refractivity contribution in [2.75, 3.05) is 13.2 Å². The lowest BCUT2D eigenvalue weighted by Crippen LogP contribution is -2.40. The minimum atomic E-state index is -0.0537. The van der Waals surface area contributed by atoms with Crippen molar-refractivity contribution in [3.63, 3.8) is 0 Å². The van der Waals surface area contributed by atoms with Crippen molar-refractivity contribution >= 4 is 15.9 Å². The summed E-state index contributed by atoms with van der Waals surface area (Å²) < 4.78 is 12.1. The van der Waals surface area contributed by atoms with Crippen LogP contribution in [0.5, 0.6) is 0 Å². The minimum absolute atomic E-state index is 0.0261. The van der Waals surface area contributed by atoms with Crippen LogP contribution < -0.4 is 5.73 Å². The van der Waals surface area contributed by atoms with Gasteiger partial charge >= 0.3 is 0 Å². The smallest absolute Gasteiger partial charge is 0.105 e. The molecule has 2 rings (SSSR count). The number of nitrogens with two attached hydrogens (primary N) is 1. The van der Waals surface area contributed by atoms with Crippen LogP contribution in [0.1, 0.15) is 18.6 Å². The van der Waals surface area contributed by atoms with Gasteiger partial charge in [-0.05, 0) is 24.6 Å². The van der Waals surface area contributed by atoms with Crippen molar-refractivity contribution in [2.24, 2.45) is 5.73 Å². The number of ether oxygens (including phenoxy) is 2. The van der Waals surface area contributed by atoms with Gasteiger partial charge in [-0.25, -0.2) is 0 Å². The summed E-state index contributed by atoms with van der Waals surface area (Å²) in [6, 6.07) is 8.06. The van der Waals surface area contributed by atoms with Crippen molar-refractivity contribution in [2.45, 2.75) is 25.2 Å². The van der Waals surface area contributed by atoms with E-state index in [0.717, 1.165) is 10.0 Å². The molecule has 1 aliphatic heterocycles. The number of rotatable bonds is 4. The predicted molar refractivity (Wildman–Crippen MR) is 66.2 cm³/mol. The lowest BCUT2D eigenvalue weighted by molar-refractivity contribution is -0.159. The predicted octanol–water partition coefficient (Wildman–Crippen LogP) is 2.25. The van der Waals surface area contributed by atoms with E-state index in [1.54, 1.807) is 0 Å². The Labute approximate surface area is 104 Å². The molecule has 1 heterocycles. The molecule has 1 aliphatic rings. The van der Waals surface area contributed by atoms with E-state index in [1.165, 1.54) is 0 Å². The highest BCUT2D eigenvalue weighted by atomic mass is 79.9. The third-order valence-electron chi connectivity index (χ3n) is 2.62. The molecule has 0 spiro atoms. The number of halogens is 1. The average Bonchev–Trinajstić information content (AvgIpc) is 2.18. The zero-order valence-corrected chi connectivity index (χ0v) is 10.8. The Morgan fingerprint density at radius 3 is 2.44 bits per heavy atom. The van der Waals surface area contributed by atoms with Gasteiger partial charge in [-0.2, -0.15) is 0 Å². The monoisotopic (exact) mass is 285 g/mol. The second kappa shape index (κ2) is 5.27. The average molecular weight is 286 g/mol. The molecule has 0 radical (unpaired) electrons. The van der Waals surface area contributed by atoms with Crippen LogP contribution >= 0.6 is 15.9 Å². The van der Waals surface area contributed by atoms with E-state index in [0.29, 0.717) is 13.2 Å². The van der Waals surface area contributed by atoms with Crippen LogP contribution in [-0.4, -0.2) is 25.4 Å². The van der Waals surface area contributed by atoms with Crippen LogP contribution in [0, 0.1) is 0 Å². The van der Waals surface area contributed by atoms with Crippen LogP contribution in [0.25, 0.3) is 0 Å². The molecule has 88 valence electrons. The van der Waals surface area contributed by atoms with Crippen LogP contribution in [0.2, 0.25) is 0 Å². The second-order valence-electron chi connectivity index (χ2n) is 4.13. The lowest BCUT2D eigenvalue weighted by Gasteiger charge is -2.32. The fourth-order valence-electron chi connectivity index (χ4n) is 1.66. The zero-order chi connectivity index (χ0) is 11.5. The van der Waals surface area contributed by atoms with Crippen molar-refractivity contribution in [1.29, 1.82) is 0 Å². The van der Waals surface area contributed by atoms with Gasteiger partial charge in [-0.3, -0.25) is 0 Å². The van der Waals surface area contributed by atoms with E-state index in [2.05, 4.69) is 15.9 Å². The quantitative estimate of drug-likeness (QED) is 0.923. The molecule has 2 N–H and O–H groups in total. The van der Waals surface area contributed by atoms with Gasteiger partial charge in [0.2, 0.25) is 0 Å². The SMILES string of the molecule is CC(N)C(OC1COC1)c1ccc(Br)cc1.